The van der Waals surface area contributed by atoms with Crippen molar-refractivity contribution in [3.63, 3.8) is 0 Å². The molecule has 4 heterocycles. The highest BCUT2D eigenvalue weighted by atomic mass is 35.5. The number of nitriles is 1. The maximum absolute atomic E-state index is 14.9. The van der Waals surface area contributed by atoms with Crippen LogP contribution in [0, 0.1) is 17.1 Å². The van der Waals surface area contributed by atoms with Gasteiger partial charge in [0, 0.05) is 32.4 Å². The minimum atomic E-state index is -0.708. The molecule has 1 aliphatic heterocycles. The van der Waals surface area contributed by atoms with E-state index in [9.17, 15) is 9.18 Å². The second-order valence-corrected chi connectivity index (χ2v) is 7.50. The number of fused-ring (bicyclic) bond motifs is 1. The normalized spacial score (nSPS) is 16.5. The Morgan fingerprint density at radius 2 is 2.27 bits per heavy atom. The number of nitrogens with zero attached hydrogens (tertiary/aromatic N) is 7. The predicted octanol–water partition coefficient (Wildman–Crippen LogP) is 2.92. The molecule has 1 amide bonds. The fraction of sp³-hybridized carbons (Fsp3) is 0.350. The van der Waals surface area contributed by atoms with Gasteiger partial charge in [-0.2, -0.15) is 14.8 Å². The molecule has 0 radical (unpaired) electrons. The third-order valence-electron chi connectivity index (χ3n) is 5.32. The molecule has 0 bridgehead atoms. The van der Waals surface area contributed by atoms with Crippen LogP contribution < -0.4 is 4.90 Å². The molecule has 0 N–H and O–H groups in total. The van der Waals surface area contributed by atoms with E-state index in [1.165, 1.54) is 0 Å². The SMILES string of the molecule is CN(c1nc(-c2cnn3ccccc23)nc(Cl)c1F)[C@@H]1CCCN(C(=O)CC#N)C1. The molecule has 10 heteroatoms. The molecule has 8 nitrogen and oxygen atoms in total. The Morgan fingerprint density at radius 3 is 3.07 bits per heavy atom. The summed E-state index contributed by atoms with van der Waals surface area (Å²) >= 11 is 6.11. The van der Waals surface area contributed by atoms with E-state index in [4.69, 9.17) is 16.9 Å². The van der Waals surface area contributed by atoms with Crippen molar-refractivity contribution in [2.75, 3.05) is 25.0 Å². The molecule has 154 valence electrons. The van der Waals surface area contributed by atoms with Gasteiger partial charge in [-0.25, -0.2) is 14.5 Å². The molecule has 1 atom stereocenters. The first-order chi connectivity index (χ1) is 14.5. The summed E-state index contributed by atoms with van der Waals surface area (Å²) in [5, 5.41) is 12.8. The molecule has 0 saturated carbocycles. The van der Waals surface area contributed by atoms with Gasteiger partial charge in [-0.3, -0.25) is 4.79 Å². The Bertz CT molecular complexity index is 1140. The minimum Gasteiger partial charge on any atom is -0.352 e. The summed E-state index contributed by atoms with van der Waals surface area (Å²) in [6, 6.07) is 7.32. The zero-order valence-corrected chi connectivity index (χ0v) is 17.1. The highest BCUT2D eigenvalue weighted by molar-refractivity contribution is 6.29. The van der Waals surface area contributed by atoms with Gasteiger partial charge in [0.1, 0.15) is 6.42 Å². The molecule has 30 heavy (non-hydrogen) atoms. The lowest BCUT2D eigenvalue weighted by molar-refractivity contribution is -0.131. The van der Waals surface area contributed by atoms with Crippen LogP contribution >= 0.6 is 11.6 Å². The van der Waals surface area contributed by atoms with E-state index in [1.54, 1.807) is 33.8 Å². The highest BCUT2D eigenvalue weighted by Crippen LogP contribution is 2.30. The topological polar surface area (TPSA) is 90.4 Å². The second-order valence-electron chi connectivity index (χ2n) is 7.15. The van der Waals surface area contributed by atoms with Crippen molar-refractivity contribution in [1.29, 1.82) is 5.26 Å². The second kappa shape index (κ2) is 8.24. The zero-order chi connectivity index (χ0) is 21.3. The molecular weight excluding hydrogens is 409 g/mol. The number of pyridine rings is 1. The van der Waals surface area contributed by atoms with Crippen molar-refractivity contribution < 1.29 is 9.18 Å². The summed E-state index contributed by atoms with van der Waals surface area (Å²) in [5.74, 6) is -0.582. The van der Waals surface area contributed by atoms with Crippen LogP contribution in [0.15, 0.2) is 30.6 Å². The molecule has 4 rings (SSSR count). The Balaban J connectivity index is 1.67. The first kappa shape index (κ1) is 20.0. The van der Waals surface area contributed by atoms with E-state index in [-0.39, 0.29) is 35.2 Å². The first-order valence-corrected chi connectivity index (χ1v) is 9.90. The summed E-state index contributed by atoms with van der Waals surface area (Å²) < 4.78 is 16.6. The summed E-state index contributed by atoms with van der Waals surface area (Å²) in [4.78, 5) is 24.0. The van der Waals surface area contributed by atoms with E-state index >= 15 is 0 Å². The van der Waals surface area contributed by atoms with Gasteiger partial charge < -0.3 is 9.80 Å². The highest BCUT2D eigenvalue weighted by Gasteiger charge is 2.29. The van der Waals surface area contributed by atoms with E-state index in [1.807, 2.05) is 24.3 Å². The molecule has 0 spiro atoms. The fourth-order valence-electron chi connectivity index (χ4n) is 3.72. The third kappa shape index (κ3) is 3.66. The number of carbonyl (C=O) groups excluding carboxylic acids is 1. The van der Waals surface area contributed by atoms with E-state index < -0.39 is 5.82 Å². The average Bonchev–Trinajstić information content (AvgIpc) is 3.19. The van der Waals surface area contributed by atoms with Gasteiger partial charge in [0.15, 0.2) is 16.8 Å². The molecular formula is C20H19ClFN7O. The van der Waals surface area contributed by atoms with Crippen molar-refractivity contribution in [2.45, 2.75) is 25.3 Å². The average molecular weight is 428 g/mol. The number of aromatic nitrogens is 4. The third-order valence-corrected chi connectivity index (χ3v) is 5.57. The van der Waals surface area contributed by atoms with Gasteiger partial charge in [-0.15, -0.1) is 0 Å². The van der Waals surface area contributed by atoms with E-state index in [2.05, 4.69) is 15.1 Å². The van der Waals surface area contributed by atoms with Crippen LogP contribution in [0.5, 0.6) is 0 Å². The van der Waals surface area contributed by atoms with Crippen LogP contribution in [0.2, 0.25) is 5.15 Å². The molecule has 0 unspecified atom stereocenters. The number of likely N-dealkylation sites (N-methyl/N-ethyl adjacent to an activating group) is 1. The number of anilines is 1. The molecule has 3 aromatic heterocycles. The molecule has 1 aliphatic rings. The van der Waals surface area contributed by atoms with Gasteiger partial charge >= 0.3 is 0 Å². The smallest absolute Gasteiger partial charge is 0.236 e. The van der Waals surface area contributed by atoms with Crippen LogP contribution in [0.25, 0.3) is 16.9 Å². The van der Waals surface area contributed by atoms with Crippen molar-refractivity contribution in [1.82, 2.24) is 24.5 Å². The number of amides is 1. The number of carbonyl (C=O) groups is 1. The first-order valence-electron chi connectivity index (χ1n) is 9.53. The number of rotatable bonds is 4. The van der Waals surface area contributed by atoms with Gasteiger partial charge in [-0.05, 0) is 25.0 Å². The largest absolute Gasteiger partial charge is 0.352 e. The molecule has 0 aromatic carbocycles. The van der Waals surface area contributed by atoms with Crippen LogP contribution in [0.4, 0.5) is 10.2 Å². The van der Waals surface area contributed by atoms with Crippen molar-refractivity contribution in [3.8, 4) is 17.5 Å². The van der Waals surface area contributed by atoms with Crippen LogP contribution in [0.3, 0.4) is 0 Å². The van der Waals surface area contributed by atoms with E-state index in [0.29, 0.717) is 18.7 Å². The van der Waals surface area contributed by atoms with Gasteiger partial charge in [0.2, 0.25) is 11.7 Å². The molecule has 0 aliphatic carbocycles. The van der Waals surface area contributed by atoms with Crippen LogP contribution in [0.1, 0.15) is 19.3 Å². The Labute approximate surface area is 177 Å². The van der Waals surface area contributed by atoms with Crippen molar-refractivity contribution in [3.05, 3.63) is 41.6 Å². The Kier molecular flexibility index (Phi) is 5.50. The van der Waals surface area contributed by atoms with Gasteiger partial charge in [-0.1, -0.05) is 17.7 Å². The van der Waals surface area contributed by atoms with Crippen molar-refractivity contribution in [2.24, 2.45) is 0 Å². The number of likely N-dealkylation sites (tertiary alicyclic amines) is 1. The maximum Gasteiger partial charge on any atom is 0.236 e. The Morgan fingerprint density at radius 1 is 1.43 bits per heavy atom. The Hall–Kier alpha value is -3.25. The number of halogens is 2. The summed E-state index contributed by atoms with van der Waals surface area (Å²) in [6.07, 6.45) is 4.77. The lowest BCUT2D eigenvalue weighted by Gasteiger charge is -2.38. The summed E-state index contributed by atoms with van der Waals surface area (Å²) in [7, 11) is 1.73. The lowest BCUT2D eigenvalue weighted by atomic mass is 10.0. The fourth-order valence-corrected chi connectivity index (χ4v) is 3.88. The van der Waals surface area contributed by atoms with Crippen LogP contribution in [-0.4, -0.2) is 56.6 Å². The lowest BCUT2D eigenvalue weighted by Crippen LogP contribution is -2.49. The number of piperidine rings is 1. The summed E-state index contributed by atoms with van der Waals surface area (Å²) in [5.41, 5.74) is 1.42. The molecule has 3 aromatic rings. The van der Waals surface area contributed by atoms with E-state index in [0.717, 1.165) is 18.4 Å². The quantitative estimate of drug-likeness (QED) is 0.594. The standard InChI is InChI=1S/C20H19ClFN7O/c1-27(13-5-4-9-28(12-13)16(30)7-8-23)20-17(22)18(21)25-19(26-20)14-11-24-29-10-3-2-6-15(14)29/h2-3,6,10-11,13H,4-5,7,9,12H2,1H3/t13-/m1/s1. The van der Waals surface area contributed by atoms with Crippen molar-refractivity contribution >= 4 is 28.8 Å². The number of hydrogen-bond donors (Lipinski definition) is 0. The zero-order valence-electron chi connectivity index (χ0n) is 16.3. The van der Waals surface area contributed by atoms with Crippen LogP contribution in [-0.2, 0) is 4.79 Å². The minimum absolute atomic E-state index is 0.0693. The maximum atomic E-state index is 14.9. The monoisotopic (exact) mass is 427 g/mol. The van der Waals surface area contributed by atoms with Gasteiger partial charge in [0.25, 0.3) is 0 Å². The summed E-state index contributed by atoms with van der Waals surface area (Å²) in [6.45, 7) is 0.982. The van der Waals surface area contributed by atoms with Gasteiger partial charge in [0.05, 0.1) is 23.3 Å². The predicted molar refractivity (Wildman–Crippen MR) is 109 cm³/mol. The molecule has 1 saturated heterocycles. The number of hydrogen-bond acceptors (Lipinski definition) is 6. The molecule has 1 fully saturated rings.